The minimum atomic E-state index is 0.730. The van der Waals surface area contributed by atoms with E-state index in [2.05, 4.69) is 55.4 Å². The third-order valence-electron chi connectivity index (χ3n) is 2.72. The zero-order valence-electron chi connectivity index (χ0n) is 11.0. The van der Waals surface area contributed by atoms with Gasteiger partial charge in [0.15, 0.2) is 0 Å². The summed E-state index contributed by atoms with van der Waals surface area (Å²) in [6, 6.07) is 8.91. The molecular formula is C14H24N2. The SMILES string of the molecule is CNCCN(C)c1ccc(CC(C)C)cc1. The Morgan fingerprint density at radius 2 is 1.81 bits per heavy atom. The van der Waals surface area contributed by atoms with Gasteiger partial charge in [-0.3, -0.25) is 0 Å². The number of nitrogens with one attached hydrogen (secondary N) is 1. The molecule has 0 aromatic heterocycles. The van der Waals surface area contributed by atoms with E-state index in [1.54, 1.807) is 0 Å². The van der Waals surface area contributed by atoms with Crippen LogP contribution in [0, 0.1) is 5.92 Å². The lowest BCUT2D eigenvalue weighted by atomic mass is 10.0. The lowest BCUT2D eigenvalue weighted by molar-refractivity contribution is 0.647. The highest BCUT2D eigenvalue weighted by Gasteiger charge is 2.01. The van der Waals surface area contributed by atoms with Crippen molar-refractivity contribution in [2.75, 3.05) is 32.1 Å². The van der Waals surface area contributed by atoms with Gasteiger partial charge in [0.25, 0.3) is 0 Å². The number of anilines is 1. The van der Waals surface area contributed by atoms with E-state index in [-0.39, 0.29) is 0 Å². The summed E-state index contributed by atoms with van der Waals surface area (Å²) < 4.78 is 0. The van der Waals surface area contributed by atoms with Crippen LogP contribution in [0.25, 0.3) is 0 Å². The molecule has 0 aliphatic heterocycles. The van der Waals surface area contributed by atoms with Crippen molar-refractivity contribution in [3.63, 3.8) is 0 Å². The molecule has 90 valence electrons. The Hall–Kier alpha value is -1.02. The second-order valence-corrected chi connectivity index (χ2v) is 4.79. The number of hydrogen-bond donors (Lipinski definition) is 1. The molecule has 0 fully saturated rings. The van der Waals surface area contributed by atoms with Crippen LogP contribution in [-0.2, 0) is 6.42 Å². The van der Waals surface area contributed by atoms with Crippen LogP contribution in [0.3, 0.4) is 0 Å². The highest BCUT2D eigenvalue weighted by molar-refractivity contribution is 5.46. The zero-order valence-corrected chi connectivity index (χ0v) is 11.0. The molecule has 1 N–H and O–H groups in total. The first-order valence-corrected chi connectivity index (χ1v) is 6.08. The number of benzene rings is 1. The zero-order chi connectivity index (χ0) is 12.0. The van der Waals surface area contributed by atoms with Crippen molar-refractivity contribution in [1.29, 1.82) is 0 Å². The monoisotopic (exact) mass is 220 g/mol. The maximum atomic E-state index is 3.16. The van der Waals surface area contributed by atoms with Crippen molar-refractivity contribution in [2.24, 2.45) is 5.92 Å². The molecular weight excluding hydrogens is 196 g/mol. The highest BCUT2D eigenvalue weighted by atomic mass is 15.1. The molecule has 0 bridgehead atoms. The summed E-state index contributed by atoms with van der Waals surface area (Å²) >= 11 is 0. The topological polar surface area (TPSA) is 15.3 Å². The van der Waals surface area contributed by atoms with Gasteiger partial charge in [-0.15, -0.1) is 0 Å². The molecule has 0 unspecified atom stereocenters. The van der Waals surface area contributed by atoms with E-state index < -0.39 is 0 Å². The standard InChI is InChI=1S/C14H24N2/c1-12(2)11-13-5-7-14(8-6-13)16(4)10-9-15-3/h5-8,12,15H,9-11H2,1-4H3. The van der Waals surface area contributed by atoms with Crippen LogP contribution in [0.5, 0.6) is 0 Å². The molecule has 0 atom stereocenters. The average Bonchev–Trinajstić information content (AvgIpc) is 2.26. The van der Waals surface area contributed by atoms with Crippen molar-refractivity contribution >= 4 is 5.69 Å². The molecule has 0 aliphatic carbocycles. The first kappa shape index (κ1) is 13.0. The first-order chi connectivity index (χ1) is 7.63. The summed E-state index contributed by atoms with van der Waals surface area (Å²) in [7, 11) is 4.12. The quantitative estimate of drug-likeness (QED) is 0.792. The van der Waals surface area contributed by atoms with Crippen LogP contribution in [-0.4, -0.2) is 27.2 Å². The van der Waals surface area contributed by atoms with Crippen LogP contribution >= 0.6 is 0 Å². The molecule has 0 saturated carbocycles. The molecule has 1 aromatic rings. The number of likely N-dealkylation sites (N-methyl/N-ethyl adjacent to an activating group) is 2. The van der Waals surface area contributed by atoms with E-state index in [0.717, 1.165) is 19.0 Å². The Balaban J connectivity index is 2.56. The largest absolute Gasteiger partial charge is 0.373 e. The van der Waals surface area contributed by atoms with Gasteiger partial charge in [0.2, 0.25) is 0 Å². The third-order valence-corrected chi connectivity index (χ3v) is 2.72. The fourth-order valence-corrected chi connectivity index (χ4v) is 1.77. The minimum absolute atomic E-state index is 0.730. The fourth-order valence-electron chi connectivity index (χ4n) is 1.77. The van der Waals surface area contributed by atoms with E-state index >= 15 is 0 Å². The van der Waals surface area contributed by atoms with Crippen molar-refractivity contribution in [3.05, 3.63) is 29.8 Å². The fraction of sp³-hybridized carbons (Fsp3) is 0.571. The predicted octanol–water partition coefficient (Wildman–Crippen LogP) is 2.54. The lowest BCUT2D eigenvalue weighted by Crippen LogP contribution is -2.26. The Bertz CT molecular complexity index is 290. The smallest absolute Gasteiger partial charge is 0.0364 e. The van der Waals surface area contributed by atoms with Gasteiger partial charge in [-0.2, -0.15) is 0 Å². The highest BCUT2D eigenvalue weighted by Crippen LogP contribution is 2.15. The van der Waals surface area contributed by atoms with E-state index in [1.807, 2.05) is 7.05 Å². The van der Waals surface area contributed by atoms with Crippen molar-refractivity contribution in [3.8, 4) is 0 Å². The normalized spacial score (nSPS) is 10.8. The number of nitrogens with zero attached hydrogens (tertiary/aromatic N) is 1. The molecule has 0 heterocycles. The molecule has 0 spiro atoms. The lowest BCUT2D eigenvalue weighted by Gasteiger charge is -2.19. The van der Waals surface area contributed by atoms with Gasteiger partial charge in [0.05, 0.1) is 0 Å². The summed E-state index contributed by atoms with van der Waals surface area (Å²) in [6.07, 6.45) is 1.17. The van der Waals surface area contributed by atoms with Crippen LogP contribution in [0.4, 0.5) is 5.69 Å². The van der Waals surface area contributed by atoms with Crippen molar-refractivity contribution < 1.29 is 0 Å². The predicted molar refractivity (Wildman–Crippen MR) is 72.2 cm³/mol. The molecule has 2 nitrogen and oxygen atoms in total. The third kappa shape index (κ3) is 4.23. The molecule has 0 radical (unpaired) electrons. The van der Waals surface area contributed by atoms with E-state index in [4.69, 9.17) is 0 Å². The summed E-state index contributed by atoms with van der Waals surface area (Å²) in [5.74, 6) is 0.730. The van der Waals surface area contributed by atoms with Gasteiger partial charge >= 0.3 is 0 Å². The van der Waals surface area contributed by atoms with E-state index in [9.17, 15) is 0 Å². The summed E-state index contributed by atoms with van der Waals surface area (Å²) in [6.45, 7) is 6.57. The van der Waals surface area contributed by atoms with Gasteiger partial charge in [-0.05, 0) is 37.1 Å². The second kappa shape index (κ2) is 6.54. The van der Waals surface area contributed by atoms with E-state index in [0.29, 0.717) is 0 Å². The van der Waals surface area contributed by atoms with Crippen LogP contribution in [0.15, 0.2) is 24.3 Å². The molecule has 0 amide bonds. The van der Waals surface area contributed by atoms with Gasteiger partial charge in [-0.25, -0.2) is 0 Å². The first-order valence-electron chi connectivity index (χ1n) is 6.08. The van der Waals surface area contributed by atoms with Gasteiger partial charge in [0, 0.05) is 25.8 Å². The summed E-state index contributed by atoms with van der Waals surface area (Å²) in [5.41, 5.74) is 2.73. The summed E-state index contributed by atoms with van der Waals surface area (Å²) in [4.78, 5) is 2.27. The maximum absolute atomic E-state index is 3.16. The Morgan fingerprint density at radius 3 is 2.31 bits per heavy atom. The molecule has 1 rings (SSSR count). The number of hydrogen-bond acceptors (Lipinski definition) is 2. The molecule has 0 aliphatic rings. The minimum Gasteiger partial charge on any atom is -0.373 e. The molecule has 1 aromatic carbocycles. The van der Waals surface area contributed by atoms with Gasteiger partial charge in [-0.1, -0.05) is 26.0 Å². The Labute approximate surface area is 99.7 Å². The van der Waals surface area contributed by atoms with E-state index in [1.165, 1.54) is 17.7 Å². The average molecular weight is 220 g/mol. The molecule has 16 heavy (non-hydrogen) atoms. The van der Waals surface area contributed by atoms with Crippen molar-refractivity contribution in [2.45, 2.75) is 20.3 Å². The summed E-state index contributed by atoms with van der Waals surface area (Å²) in [5, 5.41) is 3.16. The Morgan fingerprint density at radius 1 is 1.19 bits per heavy atom. The van der Waals surface area contributed by atoms with Crippen LogP contribution in [0.2, 0.25) is 0 Å². The van der Waals surface area contributed by atoms with Crippen molar-refractivity contribution in [1.82, 2.24) is 5.32 Å². The number of rotatable bonds is 6. The Kier molecular flexibility index (Phi) is 5.33. The van der Waals surface area contributed by atoms with Gasteiger partial charge in [0.1, 0.15) is 0 Å². The molecule has 0 saturated heterocycles. The maximum Gasteiger partial charge on any atom is 0.0364 e. The van der Waals surface area contributed by atoms with Gasteiger partial charge < -0.3 is 10.2 Å². The second-order valence-electron chi connectivity index (χ2n) is 4.79. The van der Waals surface area contributed by atoms with Crippen LogP contribution < -0.4 is 10.2 Å². The van der Waals surface area contributed by atoms with Crippen LogP contribution in [0.1, 0.15) is 19.4 Å². The molecule has 2 heteroatoms.